The maximum atomic E-state index is 13.8. The number of hydrogen-bond donors (Lipinski definition) is 1. The van der Waals surface area contributed by atoms with Gasteiger partial charge in [0, 0.05) is 17.5 Å². The fraction of sp³-hybridized carbons (Fsp3) is 0.208. The summed E-state index contributed by atoms with van der Waals surface area (Å²) in [6.07, 6.45) is 0. The monoisotopic (exact) mass is 484 g/mol. The fourth-order valence-electron chi connectivity index (χ4n) is 3.62. The van der Waals surface area contributed by atoms with E-state index in [1.54, 1.807) is 28.9 Å². The Morgan fingerprint density at radius 1 is 1.12 bits per heavy atom. The maximum Gasteiger partial charge on any atom is 0.262 e. The van der Waals surface area contributed by atoms with Crippen LogP contribution in [-0.2, 0) is 4.79 Å². The van der Waals surface area contributed by atoms with Gasteiger partial charge in [-0.05, 0) is 43.7 Å². The van der Waals surface area contributed by atoms with E-state index in [2.05, 4.69) is 15.4 Å². The van der Waals surface area contributed by atoms with Crippen molar-refractivity contribution in [2.45, 2.75) is 13.8 Å². The zero-order chi connectivity index (χ0) is 24.4. The highest BCUT2D eigenvalue weighted by atomic mass is 35.5. The van der Waals surface area contributed by atoms with Crippen LogP contribution in [0.4, 0.5) is 10.1 Å². The van der Waals surface area contributed by atoms with Crippen molar-refractivity contribution in [1.82, 2.24) is 14.8 Å². The number of aromatic nitrogens is 3. The van der Waals surface area contributed by atoms with Crippen LogP contribution in [0.5, 0.6) is 17.4 Å². The van der Waals surface area contributed by atoms with E-state index in [0.717, 1.165) is 16.6 Å². The first-order valence-corrected chi connectivity index (χ1v) is 10.7. The first-order valence-electron chi connectivity index (χ1n) is 10.3. The standard InChI is InChI=1S/C24H22ClFN4O4/c1-13-8-22(28-24-23(13)14(2)29-30(24)16-7-5-6-15(26)9-16)34-12-21(31)27-18-10-17(25)19(32-3)11-20(18)33-4/h5-11H,12H2,1-4H3,(H,27,31). The molecule has 8 nitrogen and oxygen atoms in total. The lowest BCUT2D eigenvalue weighted by atomic mass is 10.2. The summed E-state index contributed by atoms with van der Waals surface area (Å²) in [6.45, 7) is 3.44. The number of ether oxygens (including phenoxy) is 3. The van der Waals surface area contributed by atoms with Gasteiger partial charge in [0.05, 0.1) is 36.3 Å². The smallest absolute Gasteiger partial charge is 0.262 e. The quantitative estimate of drug-likeness (QED) is 0.403. The Bertz CT molecular complexity index is 1390. The molecule has 2 aromatic heterocycles. The van der Waals surface area contributed by atoms with Crippen LogP contribution in [0.15, 0.2) is 42.5 Å². The lowest BCUT2D eigenvalue weighted by Gasteiger charge is -2.13. The third-order valence-corrected chi connectivity index (χ3v) is 5.43. The van der Waals surface area contributed by atoms with Crippen LogP contribution in [-0.4, -0.2) is 41.5 Å². The summed E-state index contributed by atoms with van der Waals surface area (Å²) in [5.41, 5.74) is 3.02. The molecule has 0 radical (unpaired) electrons. The lowest BCUT2D eigenvalue weighted by molar-refractivity contribution is -0.118. The highest BCUT2D eigenvalue weighted by molar-refractivity contribution is 6.32. The number of nitrogens with zero attached hydrogens (tertiary/aromatic N) is 3. The first kappa shape index (κ1) is 23.3. The minimum absolute atomic E-state index is 0.234. The van der Waals surface area contributed by atoms with E-state index >= 15 is 0 Å². The average molecular weight is 485 g/mol. The molecule has 0 aliphatic carbocycles. The molecule has 1 N–H and O–H groups in total. The number of nitrogens with one attached hydrogen (secondary N) is 1. The zero-order valence-corrected chi connectivity index (χ0v) is 19.7. The normalized spacial score (nSPS) is 10.9. The van der Waals surface area contributed by atoms with Crippen molar-refractivity contribution in [2.75, 3.05) is 26.1 Å². The van der Waals surface area contributed by atoms with Crippen LogP contribution in [0.3, 0.4) is 0 Å². The van der Waals surface area contributed by atoms with Gasteiger partial charge in [0.1, 0.15) is 17.3 Å². The summed E-state index contributed by atoms with van der Waals surface area (Å²) in [5.74, 6) is 0.227. The van der Waals surface area contributed by atoms with E-state index in [1.807, 2.05) is 13.8 Å². The number of fused-ring (bicyclic) bond motifs is 1. The summed E-state index contributed by atoms with van der Waals surface area (Å²) in [4.78, 5) is 17.1. The Labute approximate surface area is 200 Å². The van der Waals surface area contributed by atoms with Gasteiger partial charge in [0.15, 0.2) is 12.3 Å². The Morgan fingerprint density at radius 2 is 1.88 bits per heavy atom. The largest absolute Gasteiger partial charge is 0.495 e. The number of benzene rings is 2. The number of carbonyl (C=O) groups is 1. The summed E-state index contributed by atoms with van der Waals surface area (Å²) >= 11 is 6.16. The van der Waals surface area contributed by atoms with Crippen LogP contribution in [0.2, 0.25) is 5.02 Å². The van der Waals surface area contributed by atoms with Crippen molar-refractivity contribution in [2.24, 2.45) is 0 Å². The van der Waals surface area contributed by atoms with Gasteiger partial charge in [-0.3, -0.25) is 4.79 Å². The molecule has 0 atom stereocenters. The molecule has 0 saturated carbocycles. The molecule has 0 saturated heterocycles. The molecule has 176 valence electrons. The number of hydrogen-bond acceptors (Lipinski definition) is 6. The van der Waals surface area contributed by atoms with Gasteiger partial charge in [-0.1, -0.05) is 17.7 Å². The highest BCUT2D eigenvalue weighted by Gasteiger charge is 2.17. The molecule has 0 unspecified atom stereocenters. The molecule has 10 heteroatoms. The number of aryl methyl sites for hydroxylation is 2. The number of anilines is 1. The second-order valence-electron chi connectivity index (χ2n) is 7.48. The third kappa shape index (κ3) is 4.60. The predicted octanol–water partition coefficient (Wildman–Crippen LogP) is 4.86. The van der Waals surface area contributed by atoms with Gasteiger partial charge in [0.2, 0.25) is 5.88 Å². The summed E-state index contributed by atoms with van der Waals surface area (Å²) < 4.78 is 31.4. The molecule has 34 heavy (non-hydrogen) atoms. The van der Waals surface area contributed by atoms with E-state index in [1.165, 1.54) is 32.4 Å². The van der Waals surface area contributed by atoms with E-state index in [4.69, 9.17) is 25.8 Å². The minimum atomic E-state index is -0.436. The van der Waals surface area contributed by atoms with Crippen molar-refractivity contribution in [1.29, 1.82) is 0 Å². The van der Waals surface area contributed by atoms with E-state index in [9.17, 15) is 9.18 Å². The highest BCUT2D eigenvalue weighted by Crippen LogP contribution is 2.36. The van der Waals surface area contributed by atoms with E-state index < -0.39 is 5.91 Å². The molecule has 0 fully saturated rings. The number of amides is 1. The number of methoxy groups -OCH3 is 2. The van der Waals surface area contributed by atoms with Crippen molar-refractivity contribution in [3.05, 3.63) is 64.6 Å². The van der Waals surface area contributed by atoms with Crippen molar-refractivity contribution in [3.8, 4) is 23.1 Å². The van der Waals surface area contributed by atoms with Gasteiger partial charge in [-0.25, -0.2) is 9.07 Å². The molecule has 2 aromatic carbocycles. The Balaban J connectivity index is 1.57. The lowest BCUT2D eigenvalue weighted by Crippen LogP contribution is -2.21. The SMILES string of the molecule is COc1cc(OC)c(NC(=O)COc2cc(C)c3c(C)nn(-c4cccc(F)c4)c3n2)cc1Cl. The Hall–Kier alpha value is -3.85. The van der Waals surface area contributed by atoms with Crippen molar-refractivity contribution in [3.63, 3.8) is 0 Å². The van der Waals surface area contributed by atoms with Crippen LogP contribution in [0, 0.1) is 19.7 Å². The fourth-order valence-corrected chi connectivity index (χ4v) is 3.86. The molecule has 1 amide bonds. The number of halogens is 2. The minimum Gasteiger partial charge on any atom is -0.495 e. The average Bonchev–Trinajstić information content (AvgIpc) is 3.14. The van der Waals surface area contributed by atoms with Crippen LogP contribution < -0.4 is 19.5 Å². The topological polar surface area (TPSA) is 87.5 Å². The van der Waals surface area contributed by atoms with Gasteiger partial charge < -0.3 is 19.5 Å². The summed E-state index contributed by atoms with van der Waals surface area (Å²) in [7, 11) is 2.96. The van der Waals surface area contributed by atoms with E-state index in [0.29, 0.717) is 33.5 Å². The van der Waals surface area contributed by atoms with Gasteiger partial charge in [-0.15, -0.1) is 0 Å². The molecule has 2 heterocycles. The van der Waals surface area contributed by atoms with Crippen LogP contribution >= 0.6 is 11.6 Å². The van der Waals surface area contributed by atoms with Crippen molar-refractivity contribution >= 4 is 34.2 Å². The molecule has 4 rings (SSSR count). The maximum absolute atomic E-state index is 13.8. The van der Waals surface area contributed by atoms with Crippen LogP contribution in [0.1, 0.15) is 11.3 Å². The number of pyridine rings is 1. The molecular weight excluding hydrogens is 463 g/mol. The molecule has 4 aromatic rings. The summed E-state index contributed by atoms with van der Waals surface area (Å²) in [5, 5.41) is 8.37. The molecular formula is C24H22ClFN4O4. The van der Waals surface area contributed by atoms with Gasteiger partial charge in [-0.2, -0.15) is 10.1 Å². The second-order valence-corrected chi connectivity index (χ2v) is 7.88. The van der Waals surface area contributed by atoms with Gasteiger partial charge >= 0.3 is 0 Å². The summed E-state index contributed by atoms with van der Waals surface area (Å²) in [6, 6.07) is 10.9. The number of carbonyl (C=O) groups excluding carboxylic acids is 1. The molecule has 0 aliphatic heterocycles. The Kier molecular flexibility index (Phi) is 6.56. The first-order chi connectivity index (χ1) is 16.3. The molecule has 0 bridgehead atoms. The van der Waals surface area contributed by atoms with Crippen LogP contribution in [0.25, 0.3) is 16.7 Å². The zero-order valence-electron chi connectivity index (χ0n) is 19.0. The molecule has 0 spiro atoms. The second kappa shape index (κ2) is 9.56. The van der Waals surface area contributed by atoms with E-state index in [-0.39, 0.29) is 18.3 Å². The molecule has 0 aliphatic rings. The predicted molar refractivity (Wildman–Crippen MR) is 127 cm³/mol. The Morgan fingerprint density at radius 3 is 2.59 bits per heavy atom. The number of rotatable bonds is 7. The third-order valence-electron chi connectivity index (χ3n) is 5.14. The van der Waals surface area contributed by atoms with Crippen molar-refractivity contribution < 1.29 is 23.4 Å². The van der Waals surface area contributed by atoms with Gasteiger partial charge in [0.25, 0.3) is 5.91 Å².